The standard InChI is InChI=1S/C40H37N3/c1-41(2)31-18-10-28(11-19-31)37-34-24-16-26-8-7-9-27-17-25-35(40(34)36(26)27)38(29-12-20-32(21-13-29)42(3)4)39(37)30-14-22-33(23-15-30)43(5)6/h7-25H,1-6H3. The molecule has 7 aromatic rings. The van der Waals surface area contributed by atoms with Crippen LogP contribution in [0.4, 0.5) is 17.1 Å². The first-order chi connectivity index (χ1) is 20.8. The summed E-state index contributed by atoms with van der Waals surface area (Å²) in [5.41, 5.74) is 11.1. The highest BCUT2D eigenvalue weighted by Gasteiger charge is 2.23. The van der Waals surface area contributed by atoms with E-state index in [-0.39, 0.29) is 0 Å². The highest BCUT2D eigenvalue weighted by atomic mass is 15.1. The maximum absolute atomic E-state index is 2.34. The van der Waals surface area contributed by atoms with E-state index < -0.39 is 0 Å². The topological polar surface area (TPSA) is 9.72 Å². The summed E-state index contributed by atoms with van der Waals surface area (Å²) in [6.45, 7) is 0. The summed E-state index contributed by atoms with van der Waals surface area (Å²) in [7, 11) is 12.6. The Bertz CT molecular complexity index is 1950. The van der Waals surface area contributed by atoms with Crippen LogP contribution in [-0.2, 0) is 0 Å². The zero-order chi connectivity index (χ0) is 29.8. The van der Waals surface area contributed by atoms with Crippen molar-refractivity contribution in [2.24, 2.45) is 0 Å². The second kappa shape index (κ2) is 10.4. The summed E-state index contributed by atoms with van der Waals surface area (Å²) in [5.74, 6) is 0. The van der Waals surface area contributed by atoms with Crippen molar-refractivity contribution in [3.8, 4) is 33.4 Å². The van der Waals surface area contributed by atoms with Gasteiger partial charge in [0.25, 0.3) is 0 Å². The van der Waals surface area contributed by atoms with Crippen LogP contribution in [0.5, 0.6) is 0 Å². The van der Waals surface area contributed by atoms with Gasteiger partial charge in [0.05, 0.1) is 0 Å². The molecule has 0 N–H and O–H groups in total. The summed E-state index contributed by atoms with van der Waals surface area (Å²) < 4.78 is 0. The lowest BCUT2D eigenvalue weighted by Gasteiger charge is -2.24. The molecule has 0 radical (unpaired) electrons. The predicted octanol–water partition coefficient (Wildman–Crippen LogP) is 9.78. The van der Waals surface area contributed by atoms with Crippen LogP contribution in [0, 0.1) is 0 Å². The fourth-order valence-electron chi connectivity index (χ4n) is 6.56. The van der Waals surface area contributed by atoms with Crippen LogP contribution >= 0.6 is 0 Å². The van der Waals surface area contributed by atoms with E-state index in [9.17, 15) is 0 Å². The summed E-state index contributed by atoms with van der Waals surface area (Å²) in [6, 6.07) is 43.1. The first kappa shape index (κ1) is 26.9. The summed E-state index contributed by atoms with van der Waals surface area (Å²) in [6.07, 6.45) is 0. The first-order valence-corrected chi connectivity index (χ1v) is 14.9. The minimum Gasteiger partial charge on any atom is -0.378 e. The molecule has 3 nitrogen and oxygen atoms in total. The second-order valence-electron chi connectivity index (χ2n) is 12.1. The smallest absolute Gasteiger partial charge is 0.0361 e. The molecule has 7 rings (SSSR count). The molecule has 3 heteroatoms. The number of benzene rings is 7. The molecule has 43 heavy (non-hydrogen) atoms. The largest absolute Gasteiger partial charge is 0.378 e. The molecule has 0 saturated heterocycles. The van der Waals surface area contributed by atoms with Crippen LogP contribution in [0.1, 0.15) is 0 Å². The van der Waals surface area contributed by atoms with Crippen LogP contribution in [0.2, 0.25) is 0 Å². The maximum atomic E-state index is 2.34. The van der Waals surface area contributed by atoms with E-state index in [2.05, 4.69) is 172 Å². The minimum atomic E-state index is 1.19. The van der Waals surface area contributed by atoms with Crippen LogP contribution < -0.4 is 14.7 Å². The lowest BCUT2D eigenvalue weighted by Crippen LogP contribution is -2.08. The van der Waals surface area contributed by atoms with Crippen LogP contribution in [0.15, 0.2) is 115 Å². The Morgan fingerprint density at radius 1 is 0.326 bits per heavy atom. The monoisotopic (exact) mass is 559 g/mol. The van der Waals surface area contributed by atoms with Gasteiger partial charge < -0.3 is 14.7 Å². The molecule has 0 unspecified atom stereocenters. The van der Waals surface area contributed by atoms with Crippen molar-refractivity contribution in [2.45, 2.75) is 0 Å². The Labute approximate surface area is 254 Å². The normalized spacial score (nSPS) is 11.5. The second-order valence-corrected chi connectivity index (χ2v) is 12.1. The van der Waals surface area contributed by atoms with Gasteiger partial charge in [-0.3, -0.25) is 0 Å². The van der Waals surface area contributed by atoms with Crippen molar-refractivity contribution in [3.63, 3.8) is 0 Å². The molecule has 0 aliphatic heterocycles. The molecular weight excluding hydrogens is 522 g/mol. The molecule has 0 heterocycles. The van der Waals surface area contributed by atoms with Crippen LogP contribution in [0.25, 0.3) is 65.7 Å². The zero-order valence-electron chi connectivity index (χ0n) is 25.8. The van der Waals surface area contributed by atoms with Crippen LogP contribution in [0.3, 0.4) is 0 Å². The number of nitrogens with zero attached hydrogens (tertiary/aromatic N) is 3. The van der Waals surface area contributed by atoms with Gasteiger partial charge in [0.2, 0.25) is 0 Å². The van der Waals surface area contributed by atoms with E-state index in [1.165, 1.54) is 82.8 Å². The highest BCUT2D eigenvalue weighted by molar-refractivity contribution is 6.31. The third-order valence-electron chi connectivity index (χ3n) is 8.83. The molecule has 0 atom stereocenters. The minimum absolute atomic E-state index is 1.19. The van der Waals surface area contributed by atoms with Gasteiger partial charge in [-0.15, -0.1) is 0 Å². The van der Waals surface area contributed by atoms with Crippen molar-refractivity contribution in [2.75, 3.05) is 57.0 Å². The predicted molar refractivity (Wildman–Crippen MR) is 189 cm³/mol. The number of rotatable bonds is 6. The molecule has 0 aliphatic rings. The Hall–Kier alpha value is -5.02. The number of anilines is 3. The molecule has 0 spiro atoms. The van der Waals surface area contributed by atoms with E-state index in [4.69, 9.17) is 0 Å². The van der Waals surface area contributed by atoms with E-state index in [1.807, 2.05) is 0 Å². The lowest BCUT2D eigenvalue weighted by molar-refractivity contribution is 1.13. The van der Waals surface area contributed by atoms with Gasteiger partial charge in [0.1, 0.15) is 0 Å². The van der Waals surface area contributed by atoms with Gasteiger partial charge in [-0.1, -0.05) is 78.9 Å². The van der Waals surface area contributed by atoms with Gasteiger partial charge in [0.15, 0.2) is 0 Å². The van der Waals surface area contributed by atoms with E-state index in [0.29, 0.717) is 0 Å². The first-order valence-electron chi connectivity index (χ1n) is 14.9. The SMILES string of the molecule is CN(C)c1ccc(-c2c(-c3ccc(N(C)C)cc3)c3ccc4cccc5ccc(c2-c2ccc(N(C)C)cc2)c3c45)cc1. The molecule has 0 fully saturated rings. The average Bonchev–Trinajstić information content (AvgIpc) is 3.03. The molecular formula is C40H37N3. The van der Waals surface area contributed by atoms with Crippen molar-refractivity contribution in [1.29, 1.82) is 0 Å². The average molecular weight is 560 g/mol. The third kappa shape index (κ3) is 4.44. The zero-order valence-corrected chi connectivity index (χ0v) is 25.8. The fraction of sp³-hybridized carbons (Fsp3) is 0.150. The molecule has 0 bridgehead atoms. The highest BCUT2D eigenvalue weighted by Crippen LogP contribution is 2.51. The lowest BCUT2D eigenvalue weighted by atomic mass is 9.79. The Morgan fingerprint density at radius 2 is 0.674 bits per heavy atom. The Morgan fingerprint density at radius 3 is 1.02 bits per heavy atom. The summed E-state index contributed by atoms with van der Waals surface area (Å²) >= 11 is 0. The molecule has 212 valence electrons. The fourth-order valence-corrected chi connectivity index (χ4v) is 6.56. The van der Waals surface area contributed by atoms with Crippen molar-refractivity contribution >= 4 is 49.4 Å². The molecule has 0 saturated carbocycles. The van der Waals surface area contributed by atoms with Crippen LogP contribution in [-0.4, -0.2) is 42.3 Å². The van der Waals surface area contributed by atoms with E-state index in [1.54, 1.807) is 0 Å². The summed E-state index contributed by atoms with van der Waals surface area (Å²) in [5, 5.41) is 7.81. The number of hydrogen-bond acceptors (Lipinski definition) is 3. The van der Waals surface area contributed by atoms with Gasteiger partial charge in [-0.05, 0) is 102 Å². The summed E-state index contributed by atoms with van der Waals surface area (Å²) in [4.78, 5) is 6.48. The van der Waals surface area contributed by atoms with Gasteiger partial charge >= 0.3 is 0 Å². The van der Waals surface area contributed by atoms with Crippen molar-refractivity contribution in [1.82, 2.24) is 0 Å². The van der Waals surface area contributed by atoms with E-state index in [0.717, 1.165) is 0 Å². The van der Waals surface area contributed by atoms with E-state index >= 15 is 0 Å². The van der Waals surface area contributed by atoms with Gasteiger partial charge in [0, 0.05) is 59.3 Å². The molecule has 0 aromatic heterocycles. The van der Waals surface area contributed by atoms with Crippen molar-refractivity contribution in [3.05, 3.63) is 115 Å². The molecule has 0 aliphatic carbocycles. The van der Waals surface area contributed by atoms with Gasteiger partial charge in [-0.2, -0.15) is 0 Å². The molecule has 7 aromatic carbocycles. The van der Waals surface area contributed by atoms with Gasteiger partial charge in [-0.25, -0.2) is 0 Å². The Balaban J connectivity index is 1.67. The number of hydrogen-bond donors (Lipinski definition) is 0. The molecule has 0 amide bonds. The van der Waals surface area contributed by atoms with Crippen molar-refractivity contribution < 1.29 is 0 Å². The third-order valence-corrected chi connectivity index (χ3v) is 8.83. The Kier molecular flexibility index (Phi) is 6.47. The maximum Gasteiger partial charge on any atom is 0.0361 e. The quantitative estimate of drug-likeness (QED) is 0.188.